The molecule has 0 saturated heterocycles. The van der Waals surface area contributed by atoms with Crippen LogP contribution >= 0.6 is 0 Å². The molecule has 0 fully saturated rings. The number of rotatable bonds is 3. The number of pyridine rings is 1. The quantitative estimate of drug-likeness (QED) is 0.802. The summed E-state index contributed by atoms with van der Waals surface area (Å²) < 4.78 is 10.4. The van der Waals surface area contributed by atoms with E-state index in [4.69, 9.17) is 9.47 Å². The lowest BCUT2D eigenvalue weighted by Crippen LogP contribution is -2.05. The lowest BCUT2D eigenvalue weighted by atomic mass is 10.0. The van der Waals surface area contributed by atoms with Crippen LogP contribution in [-0.2, 0) is 0 Å². The van der Waals surface area contributed by atoms with Crippen molar-refractivity contribution in [3.05, 3.63) is 58.9 Å². The van der Waals surface area contributed by atoms with Crippen molar-refractivity contribution in [1.29, 1.82) is 0 Å². The number of ether oxygens (including phenoxy) is 2. The van der Waals surface area contributed by atoms with Crippen molar-refractivity contribution in [3.8, 4) is 22.6 Å². The Labute approximate surface area is 122 Å². The van der Waals surface area contributed by atoms with E-state index in [-0.39, 0.29) is 5.56 Å². The molecular formula is C17H15NO3. The highest BCUT2D eigenvalue weighted by Gasteiger charge is 2.07. The van der Waals surface area contributed by atoms with E-state index in [2.05, 4.69) is 4.98 Å². The monoisotopic (exact) mass is 281 g/mol. The second kappa shape index (κ2) is 5.32. The number of hydrogen-bond acceptors (Lipinski definition) is 3. The number of methoxy groups -OCH3 is 2. The van der Waals surface area contributed by atoms with Crippen LogP contribution in [0.25, 0.3) is 22.0 Å². The average molecular weight is 281 g/mol. The van der Waals surface area contributed by atoms with Crippen LogP contribution in [0.15, 0.2) is 53.3 Å². The van der Waals surface area contributed by atoms with Gasteiger partial charge in [0.2, 0.25) is 5.56 Å². The molecule has 0 atom stereocenters. The molecule has 3 aromatic rings. The maximum Gasteiger partial charge on any atom is 0.249 e. The Morgan fingerprint density at radius 2 is 1.52 bits per heavy atom. The Balaban J connectivity index is 2.23. The van der Waals surface area contributed by atoms with E-state index < -0.39 is 0 Å². The summed E-state index contributed by atoms with van der Waals surface area (Å²) in [7, 11) is 3.23. The van der Waals surface area contributed by atoms with Crippen LogP contribution in [0, 0.1) is 0 Å². The first-order chi connectivity index (χ1) is 10.2. The number of benzene rings is 2. The lowest BCUT2D eigenvalue weighted by molar-refractivity contribution is 0.415. The standard InChI is InChI=1S/C17H15NO3/c1-20-12-5-3-11(4-6-12)15-10-17(19)18-16-9-13(21-2)7-8-14(15)16/h3-10H,1-2H3,(H,18,19). The summed E-state index contributed by atoms with van der Waals surface area (Å²) in [5.41, 5.74) is 2.48. The molecule has 4 nitrogen and oxygen atoms in total. The van der Waals surface area contributed by atoms with E-state index in [1.54, 1.807) is 20.3 Å². The molecule has 2 aromatic carbocycles. The normalized spacial score (nSPS) is 10.6. The molecule has 0 spiro atoms. The van der Waals surface area contributed by atoms with E-state index in [1.165, 1.54) is 0 Å². The van der Waals surface area contributed by atoms with Gasteiger partial charge in [-0.1, -0.05) is 12.1 Å². The lowest BCUT2D eigenvalue weighted by Gasteiger charge is -2.09. The summed E-state index contributed by atoms with van der Waals surface area (Å²) in [5.74, 6) is 1.50. The summed E-state index contributed by atoms with van der Waals surface area (Å²) in [5, 5.41) is 0.973. The summed E-state index contributed by atoms with van der Waals surface area (Å²) in [6.07, 6.45) is 0. The summed E-state index contributed by atoms with van der Waals surface area (Å²) in [6, 6.07) is 14.9. The molecule has 0 bridgehead atoms. The summed E-state index contributed by atoms with van der Waals surface area (Å²) in [4.78, 5) is 14.7. The molecule has 1 heterocycles. The van der Waals surface area contributed by atoms with Crippen molar-refractivity contribution in [2.45, 2.75) is 0 Å². The first-order valence-electron chi connectivity index (χ1n) is 6.57. The second-order valence-electron chi connectivity index (χ2n) is 4.69. The number of hydrogen-bond donors (Lipinski definition) is 1. The molecule has 1 N–H and O–H groups in total. The molecule has 0 radical (unpaired) electrons. The number of H-pyrrole nitrogens is 1. The third-order valence-electron chi connectivity index (χ3n) is 3.45. The summed E-state index contributed by atoms with van der Waals surface area (Å²) >= 11 is 0. The van der Waals surface area contributed by atoms with Gasteiger partial charge in [0.15, 0.2) is 0 Å². The Hall–Kier alpha value is -2.75. The van der Waals surface area contributed by atoms with Gasteiger partial charge in [0, 0.05) is 17.5 Å². The third-order valence-corrected chi connectivity index (χ3v) is 3.45. The molecule has 0 aliphatic heterocycles. The minimum Gasteiger partial charge on any atom is -0.497 e. The van der Waals surface area contributed by atoms with Crippen LogP contribution in [-0.4, -0.2) is 19.2 Å². The Bertz CT molecular complexity index is 835. The molecule has 0 amide bonds. The van der Waals surface area contributed by atoms with Gasteiger partial charge in [0.1, 0.15) is 11.5 Å². The van der Waals surface area contributed by atoms with Gasteiger partial charge in [-0.25, -0.2) is 0 Å². The van der Waals surface area contributed by atoms with Gasteiger partial charge in [-0.15, -0.1) is 0 Å². The number of aromatic amines is 1. The van der Waals surface area contributed by atoms with Gasteiger partial charge >= 0.3 is 0 Å². The zero-order chi connectivity index (χ0) is 14.8. The van der Waals surface area contributed by atoms with Crippen LogP contribution in [0.5, 0.6) is 11.5 Å². The number of nitrogens with one attached hydrogen (secondary N) is 1. The van der Waals surface area contributed by atoms with Crippen LogP contribution < -0.4 is 15.0 Å². The number of fused-ring (bicyclic) bond motifs is 1. The zero-order valence-corrected chi connectivity index (χ0v) is 11.8. The zero-order valence-electron chi connectivity index (χ0n) is 11.8. The molecule has 0 aliphatic carbocycles. The maximum absolute atomic E-state index is 11.9. The van der Waals surface area contributed by atoms with Gasteiger partial charge in [-0.3, -0.25) is 4.79 Å². The van der Waals surface area contributed by atoms with Crippen LogP contribution in [0.1, 0.15) is 0 Å². The minimum absolute atomic E-state index is 0.137. The van der Waals surface area contributed by atoms with E-state index in [0.717, 1.165) is 27.8 Å². The fourth-order valence-electron chi connectivity index (χ4n) is 2.38. The van der Waals surface area contributed by atoms with Crippen molar-refractivity contribution < 1.29 is 9.47 Å². The van der Waals surface area contributed by atoms with Crippen LogP contribution in [0.4, 0.5) is 0 Å². The average Bonchev–Trinajstić information content (AvgIpc) is 2.53. The van der Waals surface area contributed by atoms with Crippen molar-refractivity contribution in [2.24, 2.45) is 0 Å². The third kappa shape index (κ3) is 2.48. The maximum atomic E-state index is 11.9. The molecule has 0 unspecified atom stereocenters. The predicted molar refractivity (Wildman–Crippen MR) is 83.1 cm³/mol. The molecule has 4 heteroatoms. The van der Waals surface area contributed by atoms with E-state index in [9.17, 15) is 4.79 Å². The van der Waals surface area contributed by atoms with Gasteiger partial charge < -0.3 is 14.5 Å². The number of aromatic nitrogens is 1. The molecule has 1 aromatic heterocycles. The van der Waals surface area contributed by atoms with Crippen LogP contribution in [0.3, 0.4) is 0 Å². The van der Waals surface area contributed by atoms with Crippen molar-refractivity contribution in [1.82, 2.24) is 4.98 Å². The largest absolute Gasteiger partial charge is 0.497 e. The smallest absolute Gasteiger partial charge is 0.249 e. The van der Waals surface area contributed by atoms with Gasteiger partial charge in [-0.2, -0.15) is 0 Å². The van der Waals surface area contributed by atoms with E-state index in [0.29, 0.717) is 5.75 Å². The van der Waals surface area contributed by atoms with Gasteiger partial charge in [0.05, 0.1) is 19.7 Å². The van der Waals surface area contributed by atoms with Crippen molar-refractivity contribution in [2.75, 3.05) is 14.2 Å². The second-order valence-corrected chi connectivity index (χ2v) is 4.69. The Morgan fingerprint density at radius 1 is 0.857 bits per heavy atom. The predicted octanol–water partition coefficient (Wildman–Crippen LogP) is 3.21. The van der Waals surface area contributed by atoms with Gasteiger partial charge in [-0.05, 0) is 35.4 Å². The molecule has 0 saturated carbocycles. The molecular weight excluding hydrogens is 266 g/mol. The molecule has 0 aliphatic rings. The van der Waals surface area contributed by atoms with E-state index in [1.807, 2.05) is 42.5 Å². The van der Waals surface area contributed by atoms with Crippen molar-refractivity contribution >= 4 is 10.9 Å². The topological polar surface area (TPSA) is 51.3 Å². The first-order valence-corrected chi connectivity index (χ1v) is 6.57. The van der Waals surface area contributed by atoms with E-state index >= 15 is 0 Å². The van der Waals surface area contributed by atoms with Crippen LogP contribution in [0.2, 0.25) is 0 Å². The Morgan fingerprint density at radius 3 is 2.19 bits per heavy atom. The summed E-state index contributed by atoms with van der Waals surface area (Å²) in [6.45, 7) is 0. The SMILES string of the molecule is COc1ccc(-c2cc(=O)[nH]c3cc(OC)ccc23)cc1. The first kappa shape index (κ1) is 13.2. The highest BCUT2D eigenvalue weighted by atomic mass is 16.5. The molecule has 21 heavy (non-hydrogen) atoms. The van der Waals surface area contributed by atoms with Gasteiger partial charge in [0.25, 0.3) is 0 Å². The highest BCUT2D eigenvalue weighted by molar-refractivity contribution is 5.94. The fourth-order valence-corrected chi connectivity index (χ4v) is 2.38. The fraction of sp³-hybridized carbons (Fsp3) is 0.118. The molecule has 3 rings (SSSR count). The Kier molecular flexibility index (Phi) is 3.36. The molecule has 106 valence electrons. The highest BCUT2D eigenvalue weighted by Crippen LogP contribution is 2.29. The van der Waals surface area contributed by atoms with Crippen molar-refractivity contribution in [3.63, 3.8) is 0 Å². The minimum atomic E-state index is -0.137.